The molecular formula is C19H18ClFN2O2. The summed E-state index contributed by atoms with van der Waals surface area (Å²) in [6.45, 7) is 2.53. The van der Waals surface area contributed by atoms with Crippen molar-refractivity contribution in [3.8, 4) is 0 Å². The number of aryl methyl sites for hydroxylation is 1. The molecule has 4 nitrogen and oxygen atoms in total. The molecule has 130 valence electrons. The summed E-state index contributed by atoms with van der Waals surface area (Å²) in [6.07, 6.45) is 1.24. The fraction of sp³-hybridized carbons (Fsp3) is 0.263. The highest BCUT2D eigenvalue weighted by Gasteiger charge is 2.26. The smallest absolute Gasteiger partial charge is 0.253 e. The number of carbonyl (C=O) groups excluding carboxylic acids is 2. The van der Waals surface area contributed by atoms with Gasteiger partial charge in [0.1, 0.15) is 5.82 Å². The van der Waals surface area contributed by atoms with E-state index in [1.165, 1.54) is 6.07 Å². The van der Waals surface area contributed by atoms with Crippen molar-refractivity contribution in [1.29, 1.82) is 0 Å². The average Bonchev–Trinajstić information content (AvgIpc) is 3.01. The molecule has 2 aromatic rings. The molecule has 0 aliphatic carbocycles. The Labute approximate surface area is 150 Å². The van der Waals surface area contributed by atoms with Crippen LogP contribution in [0.15, 0.2) is 36.4 Å². The molecular weight excluding hydrogens is 343 g/mol. The number of anilines is 1. The molecule has 1 aliphatic rings. The third kappa shape index (κ3) is 3.82. The lowest BCUT2D eigenvalue weighted by atomic mass is 10.1. The van der Waals surface area contributed by atoms with E-state index in [2.05, 4.69) is 5.32 Å². The fourth-order valence-corrected chi connectivity index (χ4v) is 3.08. The Bertz CT molecular complexity index is 838. The first-order valence-electron chi connectivity index (χ1n) is 8.09. The average molecular weight is 361 g/mol. The van der Waals surface area contributed by atoms with Gasteiger partial charge in [-0.15, -0.1) is 0 Å². The SMILES string of the molecule is Cc1cc(CNC(=O)c2ccc(Cl)cc2N2CCCC2=O)ccc1F. The summed E-state index contributed by atoms with van der Waals surface area (Å²) in [6, 6.07) is 9.60. The lowest BCUT2D eigenvalue weighted by Gasteiger charge is -2.20. The minimum absolute atomic E-state index is 0.00882. The van der Waals surface area contributed by atoms with Gasteiger partial charge >= 0.3 is 0 Å². The Balaban J connectivity index is 1.79. The summed E-state index contributed by atoms with van der Waals surface area (Å²) in [5, 5.41) is 3.29. The first-order chi connectivity index (χ1) is 12.0. The molecule has 0 atom stereocenters. The molecule has 2 aromatic carbocycles. The van der Waals surface area contributed by atoms with E-state index in [0.29, 0.717) is 34.8 Å². The number of hydrogen-bond donors (Lipinski definition) is 1. The molecule has 0 radical (unpaired) electrons. The van der Waals surface area contributed by atoms with Gasteiger partial charge in [-0.3, -0.25) is 9.59 Å². The maximum atomic E-state index is 13.3. The lowest BCUT2D eigenvalue weighted by Crippen LogP contribution is -2.29. The number of amides is 2. The highest BCUT2D eigenvalue weighted by atomic mass is 35.5. The number of halogens is 2. The van der Waals surface area contributed by atoms with Crippen molar-refractivity contribution in [2.24, 2.45) is 0 Å². The fourth-order valence-electron chi connectivity index (χ4n) is 2.92. The molecule has 0 aromatic heterocycles. The van der Waals surface area contributed by atoms with E-state index < -0.39 is 0 Å². The van der Waals surface area contributed by atoms with Crippen molar-refractivity contribution in [2.45, 2.75) is 26.3 Å². The van der Waals surface area contributed by atoms with Crippen LogP contribution in [0.1, 0.15) is 34.3 Å². The van der Waals surface area contributed by atoms with Gasteiger partial charge in [0.25, 0.3) is 5.91 Å². The molecule has 1 saturated heterocycles. The highest BCUT2D eigenvalue weighted by Crippen LogP contribution is 2.28. The molecule has 1 aliphatic heterocycles. The van der Waals surface area contributed by atoms with E-state index in [1.807, 2.05) is 0 Å². The molecule has 1 fully saturated rings. The number of rotatable bonds is 4. The molecule has 1 N–H and O–H groups in total. The predicted molar refractivity (Wildman–Crippen MR) is 95.3 cm³/mol. The van der Waals surface area contributed by atoms with Crippen molar-refractivity contribution in [3.05, 3.63) is 63.9 Å². The van der Waals surface area contributed by atoms with Crippen LogP contribution in [0, 0.1) is 12.7 Å². The van der Waals surface area contributed by atoms with E-state index in [9.17, 15) is 14.0 Å². The predicted octanol–water partition coefficient (Wildman–Crippen LogP) is 3.84. The Morgan fingerprint density at radius 2 is 2.08 bits per heavy atom. The topological polar surface area (TPSA) is 49.4 Å². The van der Waals surface area contributed by atoms with Gasteiger partial charge in [-0.05, 0) is 48.7 Å². The van der Waals surface area contributed by atoms with E-state index in [4.69, 9.17) is 11.6 Å². The first kappa shape index (κ1) is 17.4. The summed E-state index contributed by atoms with van der Waals surface area (Å²) in [5.41, 5.74) is 2.27. The van der Waals surface area contributed by atoms with Gasteiger partial charge in [0.2, 0.25) is 5.91 Å². The van der Waals surface area contributed by atoms with Crippen molar-refractivity contribution in [3.63, 3.8) is 0 Å². The summed E-state index contributed by atoms with van der Waals surface area (Å²) in [4.78, 5) is 26.2. The van der Waals surface area contributed by atoms with E-state index in [0.717, 1.165) is 12.0 Å². The van der Waals surface area contributed by atoms with E-state index in [-0.39, 0.29) is 24.2 Å². The Morgan fingerprint density at radius 3 is 2.76 bits per heavy atom. The molecule has 0 saturated carbocycles. The monoisotopic (exact) mass is 360 g/mol. The summed E-state index contributed by atoms with van der Waals surface area (Å²) < 4.78 is 13.3. The van der Waals surface area contributed by atoms with Crippen molar-refractivity contribution < 1.29 is 14.0 Å². The number of nitrogens with zero attached hydrogens (tertiary/aromatic N) is 1. The minimum atomic E-state index is -0.298. The van der Waals surface area contributed by atoms with Crippen molar-refractivity contribution in [1.82, 2.24) is 5.32 Å². The van der Waals surface area contributed by atoms with E-state index in [1.54, 1.807) is 42.2 Å². The van der Waals surface area contributed by atoms with Crippen molar-refractivity contribution >= 4 is 29.1 Å². The van der Waals surface area contributed by atoms with Crippen LogP contribution in [0.4, 0.5) is 10.1 Å². The molecule has 0 unspecified atom stereocenters. The zero-order valence-corrected chi connectivity index (χ0v) is 14.6. The van der Waals surface area contributed by atoms with Gasteiger partial charge in [0, 0.05) is 24.5 Å². The largest absolute Gasteiger partial charge is 0.348 e. The summed E-state index contributed by atoms with van der Waals surface area (Å²) >= 11 is 6.05. The summed E-state index contributed by atoms with van der Waals surface area (Å²) in [5.74, 6) is -0.582. The molecule has 3 rings (SSSR count). The molecule has 6 heteroatoms. The van der Waals surface area contributed by atoms with Crippen LogP contribution < -0.4 is 10.2 Å². The van der Waals surface area contributed by atoms with Crippen LogP contribution in [-0.2, 0) is 11.3 Å². The van der Waals surface area contributed by atoms with Crippen LogP contribution in [0.25, 0.3) is 0 Å². The minimum Gasteiger partial charge on any atom is -0.348 e. The maximum Gasteiger partial charge on any atom is 0.253 e. The third-order valence-electron chi connectivity index (χ3n) is 4.24. The first-order valence-corrected chi connectivity index (χ1v) is 8.46. The zero-order valence-electron chi connectivity index (χ0n) is 13.8. The molecule has 0 spiro atoms. The molecule has 2 amide bonds. The number of benzene rings is 2. The van der Waals surface area contributed by atoms with Gasteiger partial charge in [0.05, 0.1) is 11.3 Å². The standard InChI is InChI=1S/C19H18ClFN2O2/c1-12-9-13(4-7-16(12)21)11-22-19(25)15-6-5-14(20)10-17(15)23-8-2-3-18(23)24/h4-7,9-10H,2-3,8,11H2,1H3,(H,22,25). The second-order valence-electron chi connectivity index (χ2n) is 6.08. The Morgan fingerprint density at radius 1 is 1.28 bits per heavy atom. The third-order valence-corrected chi connectivity index (χ3v) is 4.48. The van der Waals surface area contributed by atoms with Crippen LogP contribution in [0.2, 0.25) is 5.02 Å². The molecule has 1 heterocycles. The normalized spacial score (nSPS) is 14.0. The second-order valence-corrected chi connectivity index (χ2v) is 6.51. The highest BCUT2D eigenvalue weighted by molar-refractivity contribution is 6.31. The Kier molecular flexibility index (Phi) is 5.04. The number of hydrogen-bond acceptors (Lipinski definition) is 2. The van der Waals surface area contributed by atoms with Gasteiger partial charge in [-0.25, -0.2) is 4.39 Å². The van der Waals surface area contributed by atoms with Crippen LogP contribution in [-0.4, -0.2) is 18.4 Å². The van der Waals surface area contributed by atoms with Crippen LogP contribution in [0.3, 0.4) is 0 Å². The number of carbonyl (C=O) groups is 2. The quantitative estimate of drug-likeness (QED) is 0.900. The van der Waals surface area contributed by atoms with Gasteiger partial charge in [0.15, 0.2) is 0 Å². The summed E-state index contributed by atoms with van der Waals surface area (Å²) in [7, 11) is 0. The van der Waals surface area contributed by atoms with E-state index >= 15 is 0 Å². The van der Waals surface area contributed by atoms with Gasteiger partial charge in [-0.1, -0.05) is 23.7 Å². The number of nitrogens with one attached hydrogen (secondary N) is 1. The van der Waals surface area contributed by atoms with Gasteiger partial charge < -0.3 is 10.2 Å². The van der Waals surface area contributed by atoms with Crippen LogP contribution >= 0.6 is 11.6 Å². The van der Waals surface area contributed by atoms with Crippen molar-refractivity contribution in [2.75, 3.05) is 11.4 Å². The second kappa shape index (κ2) is 7.23. The zero-order chi connectivity index (χ0) is 18.0. The maximum absolute atomic E-state index is 13.3. The lowest BCUT2D eigenvalue weighted by molar-refractivity contribution is -0.117. The Hall–Kier alpha value is -2.40. The molecule has 0 bridgehead atoms. The molecule has 25 heavy (non-hydrogen) atoms. The van der Waals surface area contributed by atoms with Gasteiger partial charge in [-0.2, -0.15) is 0 Å². The van der Waals surface area contributed by atoms with Crippen LogP contribution in [0.5, 0.6) is 0 Å².